The Morgan fingerprint density at radius 1 is 1.14 bits per heavy atom. The molecule has 0 atom stereocenters. The second kappa shape index (κ2) is 8.04. The molecule has 3 N–H and O–H groups in total. The molecule has 0 saturated heterocycles. The van der Waals surface area contributed by atoms with E-state index in [9.17, 15) is 0 Å². The lowest BCUT2D eigenvalue weighted by atomic mass is 10.1. The summed E-state index contributed by atoms with van der Waals surface area (Å²) in [6.45, 7) is 0.134. The number of nitrogens with zero attached hydrogens (tertiary/aromatic N) is 5. The van der Waals surface area contributed by atoms with Crippen LogP contribution in [0, 0.1) is 22.7 Å². The van der Waals surface area contributed by atoms with Crippen molar-refractivity contribution >= 4 is 17.3 Å². The molecule has 116 valence electrons. The Morgan fingerprint density at radius 3 is 2.36 bits per heavy atom. The largest absolute Gasteiger partial charge is 0.393 e. The zero-order valence-corrected chi connectivity index (χ0v) is 12.6. The van der Waals surface area contributed by atoms with Gasteiger partial charge in [-0.05, 0) is 12.8 Å². The monoisotopic (exact) mass is 299 g/mol. The minimum Gasteiger partial charge on any atom is -0.393 e. The van der Waals surface area contributed by atoms with Gasteiger partial charge in [-0.3, -0.25) is 0 Å². The Kier molecular flexibility index (Phi) is 5.79. The summed E-state index contributed by atoms with van der Waals surface area (Å²) in [6.07, 6.45) is 8.63. The van der Waals surface area contributed by atoms with Crippen LogP contribution < -0.4 is 16.0 Å². The van der Waals surface area contributed by atoms with Crippen LogP contribution in [-0.4, -0.2) is 29.1 Å². The molecule has 0 spiro atoms. The highest BCUT2D eigenvalue weighted by Gasteiger charge is 2.18. The van der Waals surface area contributed by atoms with E-state index in [2.05, 4.69) is 15.3 Å². The Balaban J connectivity index is 2.17. The van der Waals surface area contributed by atoms with Crippen LogP contribution in [-0.2, 0) is 0 Å². The van der Waals surface area contributed by atoms with Crippen molar-refractivity contribution in [1.82, 2.24) is 9.97 Å². The van der Waals surface area contributed by atoms with Crippen LogP contribution in [0.2, 0.25) is 0 Å². The molecule has 0 radical (unpaired) electrons. The third kappa shape index (κ3) is 3.98. The van der Waals surface area contributed by atoms with Gasteiger partial charge in [-0.15, -0.1) is 0 Å². The number of nitrogens with one attached hydrogen (secondary N) is 1. The molecule has 1 aromatic heterocycles. The summed E-state index contributed by atoms with van der Waals surface area (Å²) in [5.41, 5.74) is 6.55. The van der Waals surface area contributed by atoms with Crippen molar-refractivity contribution in [3.8, 4) is 12.1 Å². The molecule has 1 aliphatic rings. The van der Waals surface area contributed by atoms with Gasteiger partial charge in [-0.1, -0.05) is 25.7 Å². The molecule has 0 unspecified atom stereocenters. The lowest BCUT2D eigenvalue weighted by Crippen LogP contribution is -2.27. The summed E-state index contributed by atoms with van der Waals surface area (Å²) in [4.78, 5) is 9.91. The number of rotatable bonds is 5. The summed E-state index contributed by atoms with van der Waals surface area (Å²) in [5, 5.41) is 21.2. The van der Waals surface area contributed by atoms with Gasteiger partial charge in [0.15, 0.2) is 11.6 Å². The van der Waals surface area contributed by atoms with E-state index in [4.69, 9.17) is 16.3 Å². The molecular weight excluding hydrogens is 278 g/mol. The van der Waals surface area contributed by atoms with E-state index in [1.165, 1.54) is 32.0 Å². The fraction of sp³-hybridized carbons (Fsp3) is 0.600. The first-order valence-corrected chi connectivity index (χ1v) is 7.62. The maximum Gasteiger partial charge on any atom is 0.159 e. The average molecular weight is 299 g/mol. The van der Waals surface area contributed by atoms with E-state index >= 15 is 0 Å². The minimum atomic E-state index is 0.0671. The summed E-state index contributed by atoms with van der Waals surface area (Å²) >= 11 is 0. The van der Waals surface area contributed by atoms with Crippen molar-refractivity contribution in [1.29, 1.82) is 10.5 Å². The molecule has 1 fully saturated rings. The van der Waals surface area contributed by atoms with Crippen molar-refractivity contribution in [3.05, 3.63) is 6.33 Å². The predicted octanol–water partition coefficient (Wildman–Crippen LogP) is 2.05. The number of hydrogen-bond donors (Lipinski definition) is 2. The van der Waals surface area contributed by atoms with Crippen LogP contribution in [0.3, 0.4) is 0 Å². The van der Waals surface area contributed by atoms with E-state index in [1.54, 1.807) is 4.90 Å². The molecule has 1 saturated carbocycles. The van der Waals surface area contributed by atoms with Crippen molar-refractivity contribution in [2.75, 3.05) is 29.0 Å². The second-order valence-corrected chi connectivity index (χ2v) is 5.46. The molecule has 0 amide bonds. The average Bonchev–Trinajstić information content (AvgIpc) is 2.78. The standard InChI is InChI=1S/C15H21N7/c16-7-9-22(10-8-17)15-13(18)14(19-11-20-15)21-12-5-3-1-2-4-6-12/h11-12H,1-6,9-10,18H2,(H,19,20,21). The molecule has 7 nitrogen and oxygen atoms in total. The van der Waals surface area contributed by atoms with Gasteiger partial charge in [0.25, 0.3) is 0 Å². The summed E-state index contributed by atoms with van der Waals surface area (Å²) in [7, 11) is 0. The third-order valence-corrected chi connectivity index (χ3v) is 3.88. The van der Waals surface area contributed by atoms with Crippen molar-refractivity contribution in [3.63, 3.8) is 0 Å². The number of nitriles is 2. The first-order valence-electron chi connectivity index (χ1n) is 7.62. The van der Waals surface area contributed by atoms with Crippen LogP contribution in [0.4, 0.5) is 17.3 Å². The fourth-order valence-electron chi connectivity index (χ4n) is 2.75. The highest BCUT2D eigenvalue weighted by Crippen LogP contribution is 2.28. The Bertz CT molecular complexity index is 548. The minimum absolute atomic E-state index is 0.0671. The number of nitrogen functional groups attached to an aromatic ring is 1. The normalized spacial score (nSPS) is 15.4. The Hall–Kier alpha value is -2.54. The van der Waals surface area contributed by atoms with Gasteiger partial charge in [-0.2, -0.15) is 10.5 Å². The van der Waals surface area contributed by atoms with Gasteiger partial charge in [0.1, 0.15) is 25.1 Å². The van der Waals surface area contributed by atoms with E-state index in [-0.39, 0.29) is 13.1 Å². The van der Waals surface area contributed by atoms with Crippen molar-refractivity contribution in [2.24, 2.45) is 0 Å². The van der Waals surface area contributed by atoms with Gasteiger partial charge < -0.3 is 16.0 Å². The number of aromatic nitrogens is 2. The van der Waals surface area contributed by atoms with Crippen molar-refractivity contribution in [2.45, 2.75) is 44.6 Å². The van der Waals surface area contributed by atoms with Gasteiger partial charge >= 0.3 is 0 Å². The highest BCUT2D eigenvalue weighted by atomic mass is 15.2. The van der Waals surface area contributed by atoms with Crippen molar-refractivity contribution < 1.29 is 0 Å². The third-order valence-electron chi connectivity index (χ3n) is 3.88. The van der Waals surface area contributed by atoms with Gasteiger partial charge in [-0.25, -0.2) is 9.97 Å². The Labute approximate surface area is 130 Å². The number of anilines is 3. The molecule has 1 aliphatic carbocycles. The SMILES string of the molecule is N#CCN(CC#N)c1ncnc(NC2CCCCCC2)c1N. The molecule has 7 heteroatoms. The molecule has 2 rings (SSSR count). The summed E-state index contributed by atoms with van der Waals surface area (Å²) in [6, 6.07) is 4.42. The van der Waals surface area contributed by atoms with E-state index in [1.807, 2.05) is 12.1 Å². The molecule has 0 aromatic carbocycles. The lowest BCUT2D eigenvalue weighted by molar-refractivity contribution is 0.617. The number of nitrogens with two attached hydrogens (primary N) is 1. The zero-order chi connectivity index (χ0) is 15.8. The van der Waals surface area contributed by atoms with Gasteiger partial charge in [0.05, 0.1) is 12.1 Å². The van der Waals surface area contributed by atoms with Gasteiger partial charge in [0, 0.05) is 6.04 Å². The quantitative estimate of drug-likeness (QED) is 0.631. The van der Waals surface area contributed by atoms with E-state index in [0.717, 1.165) is 12.8 Å². The van der Waals surface area contributed by atoms with E-state index in [0.29, 0.717) is 23.4 Å². The highest BCUT2D eigenvalue weighted by molar-refractivity contribution is 5.75. The second-order valence-electron chi connectivity index (χ2n) is 5.46. The fourth-order valence-corrected chi connectivity index (χ4v) is 2.75. The van der Waals surface area contributed by atoms with Crippen LogP contribution in [0.15, 0.2) is 6.33 Å². The summed E-state index contributed by atoms with van der Waals surface area (Å²) < 4.78 is 0. The van der Waals surface area contributed by atoms with Crippen LogP contribution in [0.5, 0.6) is 0 Å². The molecule has 1 aromatic rings. The lowest BCUT2D eigenvalue weighted by Gasteiger charge is -2.22. The van der Waals surface area contributed by atoms with Crippen LogP contribution in [0.1, 0.15) is 38.5 Å². The zero-order valence-electron chi connectivity index (χ0n) is 12.6. The maximum absolute atomic E-state index is 8.88. The van der Waals surface area contributed by atoms with Gasteiger partial charge in [0.2, 0.25) is 0 Å². The maximum atomic E-state index is 8.88. The van der Waals surface area contributed by atoms with Crippen LogP contribution in [0.25, 0.3) is 0 Å². The first-order chi connectivity index (χ1) is 10.8. The molecular formula is C15H21N7. The molecule has 0 bridgehead atoms. The van der Waals surface area contributed by atoms with Crippen LogP contribution >= 0.6 is 0 Å². The smallest absolute Gasteiger partial charge is 0.159 e. The first kappa shape index (κ1) is 15.8. The molecule has 1 heterocycles. The number of hydrogen-bond acceptors (Lipinski definition) is 7. The molecule has 22 heavy (non-hydrogen) atoms. The molecule has 0 aliphatic heterocycles. The summed E-state index contributed by atoms with van der Waals surface area (Å²) in [5.74, 6) is 1.03. The topological polar surface area (TPSA) is 115 Å². The predicted molar refractivity (Wildman–Crippen MR) is 85.0 cm³/mol. The van der Waals surface area contributed by atoms with E-state index < -0.39 is 0 Å². The Morgan fingerprint density at radius 2 is 1.77 bits per heavy atom.